The highest BCUT2D eigenvalue weighted by molar-refractivity contribution is 8.00. The number of hydrogen-bond acceptors (Lipinski definition) is 10. The number of carbonyl (C=O) groups excluding carboxylic acids is 4. The molecule has 4 heterocycles. The van der Waals surface area contributed by atoms with E-state index in [9.17, 15) is 37.5 Å². The molecule has 2 aromatic heterocycles. The molecular formula is C23H17F3N6O6S2. The first kappa shape index (κ1) is 28.6. The van der Waals surface area contributed by atoms with Crippen LogP contribution in [0.3, 0.4) is 0 Å². The zero-order valence-corrected chi connectivity index (χ0v) is 21.6. The minimum absolute atomic E-state index is 0.199. The Balaban J connectivity index is 1.52. The van der Waals surface area contributed by atoms with Gasteiger partial charge in [-0.15, -0.1) is 29.5 Å². The quantitative estimate of drug-likeness (QED) is 0.0973. The molecule has 1 unspecified atom stereocenters. The molecule has 0 bridgehead atoms. The van der Waals surface area contributed by atoms with Crippen LogP contribution in [-0.2, 0) is 30.6 Å². The van der Waals surface area contributed by atoms with Crippen LogP contribution in [0.4, 0.5) is 18.3 Å². The Labute approximate surface area is 231 Å². The van der Waals surface area contributed by atoms with Gasteiger partial charge in [0, 0.05) is 28.8 Å². The Morgan fingerprint density at radius 2 is 2.02 bits per heavy atom. The van der Waals surface area contributed by atoms with Gasteiger partial charge >= 0.3 is 12.1 Å². The second-order valence-corrected chi connectivity index (χ2v) is 10.0. The number of oxime groups is 1. The number of fused-ring (bicyclic) bond motifs is 1. The molecule has 3 amide bonds. The molecule has 40 heavy (non-hydrogen) atoms. The average molecular weight is 595 g/mol. The molecule has 0 radical (unpaired) electrons. The fourth-order valence-electron chi connectivity index (χ4n) is 3.71. The second kappa shape index (κ2) is 11.8. The molecular weight excluding hydrogens is 577 g/mol. The number of carbonyl (C=O) groups is 4. The molecule has 208 valence electrons. The van der Waals surface area contributed by atoms with E-state index in [2.05, 4.69) is 21.4 Å². The van der Waals surface area contributed by atoms with Crippen molar-refractivity contribution in [2.75, 3.05) is 17.7 Å². The van der Waals surface area contributed by atoms with Crippen molar-refractivity contribution in [3.05, 3.63) is 52.9 Å². The van der Waals surface area contributed by atoms with Gasteiger partial charge in [-0.05, 0) is 0 Å². The predicted molar refractivity (Wildman–Crippen MR) is 132 cm³/mol. The first-order valence-electron chi connectivity index (χ1n) is 11.1. The molecule has 0 spiro atoms. The van der Waals surface area contributed by atoms with Crippen molar-refractivity contribution < 1.29 is 46.9 Å². The van der Waals surface area contributed by atoms with Gasteiger partial charge < -0.3 is 20.1 Å². The number of carboxylic acids is 1. The maximum Gasteiger partial charge on any atom is 0.471 e. The van der Waals surface area contributed by atoms with Gasteiger partial charge in [-0.25, -0.2) is 9.55 Å². The van der Waals surface area contributed by atoms with Crippen LogP contribution in [-0.4, -0.2) is 69.2 Å². The number of thiazole rings is 1. The van der Waals surface area contributed by atoms with Crippen molar-refractivity contribution >= 4 is 57.6 Å². The Kier molecular flexibility index (Phi) is 8.40. The van der Waals surface area contributed by atoms with Crippen LogP contribution in [0.1, 0.15) is 5.69 Å². The van der Waals surface area contributed by atoms with Gasteiger partial charge in [0.15, 0.2) is 36.4 Å². The molecule has 2 aliphatic rings. The van der Waals surface area contributed by atoms with E-state index >= 15 is 0 Å². The van der Waals surface area contributed by atoms with Crippen LogP contribution < -0.4 is 20.3 Å². The van der Waals surface area contributed by atoms with E-state index in [1.165, 1.54) is 11.8 Å². The topological polar surface area (TPSA) is 157 Å². The van der Waals surface area contributed by atoms with Crippen LogP contribution >= 0.6 is 23.1 Å². The summed E-state index contributed by atoms with van der Waals surface area (Å²) in [6, 6.07) is 4.15. The minimum Gasteiger partial charge on any atom is -0.543 e. The number of thioether (sulfide) groups is 1. The Morgan fingerprint density at radius 3 is 2.67 bits per heavy atom. The standard InChI is InChI=1S/C23H17F3N6O6S2/c1-2-8-38-30-14(13-11-40-22(27-13)29-21(37)23(24,25)26)17(33)28-15-18(34)32-16(20(35)36)12(10-39-19(15)32)9-31-6-4-3-5-7-31/h1,3-7,11,15,19H,8-10H2,(H2-,27,28,29,33,35,36,37)/b30-14+/t15?,19-/m1/s1. The molecule has 0 saturated carbocycles. The highest BCUT2D eigenvalue weighted by Crippen LogP contribution is 2.40. The SMILES string of the molecule is C#CCO/N=C(/C(=O)NC1C(=O)N2C(C(=O)[O-])=C(C[n+]3ccccc3)CS[C@H]12)c1csc(NC(=O)C(F)(F)F)n1. The van der Waals surface area contributed by atoms with Crippen molar-refractivity contribution in [2.24, 2.45) is 5.16 Å². The van der Waals surface area contributed by atoms with Gasteiger partial charge in [-0.1, -0.05) is 17.1 Å². The molecule has 1 saturated heterocycles. The number of nitrogens with zero attached hydrogens (tertiary/aromatic N) is 4. The Morgan fingerprint density at radius 1 is 1.30 bits per heavy atom. The lowest BCUT2D eigenvalue weighted by Gasteiger charge is -2.50. The fourth-order valence-corrected chi connectivity index (χ4v) is 5.74. The van der Waals surface area contributed by atoms with E-state index < -0.39 is 52.1 Å². The highest BCUT2D eigenvalue weighted by Gasteiger charge is 2.53. The summed E-state index contributed by atoms with van der Waals surface area (Å²) >= 11 is 1.80. The van der Waals surface area contributed by atoms with Crippen LogP contribution in [0.15, 0.2) is 52.4 Å². The Hall–Kier alpha value is -4.43. The zero-order chi connectivity index (χ0) is 29.0. The number of halogens is 3. The summed E-state index contributed by atoms with van der Waals surface area (Å²) in [5.74, 6) is -3.19. The third-order valence-corrected chi connectivity index (χ3v) is 7.52. The number of terminal acetylenes is 1. The van der Waals surface area contributed by atoms with Crippen LogP contribution in [0.2, 0.25) is 0 Å². The molecule has 17 heteroatoms. The lowest BCUT2D eigenvalue weighted by Crippen LogP contribution is -2.71. The van der Waals surface area contributed by atoms with E-state index in [1.54, 1.807) is 40.5 Å². The predicted octanol–water partition coefficient (Wildman–Crippen LogP) is -0.611. The maximum absolute atomic E-state index is 13.1. The van der Waals surface area contributed by atoms with Gasteiger partial charge in [-0.3, -0.25) is 24.6 Å². The number of amides is 3. The molecule has 2 aromatic rings. The monoisotopic (exact) mass is 594 g/mol. The van der Waals surface area contributed by atoms with E-state index in [1.807, 2.05) is 0 Å². The number of β-lactam (4-membered cyclic amide) rings is 1. The van der Waals surface area contributed by atoms with Crippen LogP contribution in [0.25, 0.3) is 0 Å². The first-order chi connectivity index (χ1) is 19.0. The summed E-state index contributed by atoms with van der Waals surface area (Å²) < 4.78 is 39.4. The number of aliphatic carboxylic acids is 1. The number of alkyl halides is 3. The zero-order valence-electron chi connectivity index (χ0n) is 20.0. The van der Waals surface area contributed by atoms with Crippen molar-refractivity contribution in [3.63, 3.8) is 0 Å². The summed E-state index contributed by atoms with van der Waals surface area (Å²) in [4.78, 5) is 58.9. The van der Waals surface area contributed by atoms with Crippen molar-refractivity contribution in [3.8, 4) is 12.3 Å². The van der Waals surface area contributed by atoms with Crippen molar-refractivity contribution in [2.45, 2.75) is 24.1 Å². The maximum atomic E-state index is 13.1. The van der Waals surface area contributed by atoms with Crippen LogP contribution in [0.5, 0.6) is 0 Å². The number of aromatic nitrogens is 2. The molecule has 12 nitrogen and oxygen atoms in total. The molecule has 2 N–H and O–H groups in total. The van der Waals surface area contributed by atoms with E-state index in [4.69, 9.17) is 11.3 Å². The van der Waals surface area contributed by atoms with E-state index in [-0.39, 0.29) is 30.3 Å². The number of pyridine rings is 1. The first-order valence-corrected chi connectivity index (χ1v) is 13.0. The third-order valence-electron chi connectivity index (χ3n) is 5.42. The number of carboxylic acid groups (broad SMARTS) is 1. The summed E-state index contributed by atoms with van der Waals surface area (Å²) in [6.45, 7) is -0.166. The summed E-state index contributed by atoms with van der Waals surface area (Å²) in [7, 11) is 0. The van der Waals surface area contributed by atoms with Crippen molar-refractivity contribution in [1.29, 1.82) is 0 Å². The highest BCUT2D eigenvalue weighted by atomic mass is 32.2. The molecule has 2 atom stereocenters. The normalized spacial score (nSPS) is 18.8. The smallest absolute Gasteiger partial charge is 0.471 e. The summed E-state index contributed by atoms with van der Waals surface area (Å²) in [6.07, 6.45) is 3.41. The molecule has 2 aliphatic heterocycles. The van der Waals surface area contributed by atoms with E-state index in [0.29, 0.717) is 16.9 Å². The van der Waals surface area contributed by atoms with Gasteiger partial charge in [0.2, 0.25) is 0 Å². The second-order valence-electron chi connectivity index (χ2n) is 8.06. The van der Waals surface area contributed by atoms with Gasteiger partial charge in [0.05, 0.1) is 11.7 Å². The van der Waals surface area contributed by atoms with Gasteiger partial charge in [-0.2, -0.15) is 13.2 Å². The lowest BCUT2D eigenvalue weighted by molar-refractivity contribution is -0.689. The molecule has 0 aromatic carbocycles. The minimum atomic E-state index is -5.16. The van der Waals surface area contributed by atoms with Crippen molar-refractivity contribution in [1.82, 2.24) is 15.2 Å². The summed E-state index contributed by atoms with van der Waals surface area (Å²) in [5.41, 5.74) is -0.653. The number of hydrogen-bond donors (Lipinski definition) is 2. The lowest BCUT2D eigenvalue weighted by atomic mass is 10.0. The Bertz CT molecular complexity index is 1450. The molecule has 1 fully saturated rings. The summed E-state index contributed by atoms with van der Waals surface area (Å²) in [5, 5.41) is 19.4. The number of nitrogens with one attached hydrogen (secondary N) is 2. The van der Waals surface area contributed by atoms with Gasteiger partial charge in [0.25, 0.3) is 11.8 Å². The molecule has 4 rings (SSSR count). The third kappa shape index (κ3) is 6.07. The van der Waals surface area contributed by atoms with E-state index in [0.717, 1.165) is 10.3 Å². The number of rotatable bonds is 9. The average Bonchev–Trinajstić information content (AvgIpc) is 3.37. The number of anilines is 1. The van der Waals surface area contributed by atoms with Gasteiger partial charge in [0.1, 0.15) is 17.1 Å². The van der Waals surface area contributed by atoms with Crippen LogP contribution in [0, 0.1) is 12.3 Å². The largest absolute Gasteiger partial charge is 0.543 e. The fraction of sp³-hybridized carbons (Fsp3) is 0.261. The molecule has 0 aliphatic carbocycles.